The molecule has 1 heterocycles. The summed E-state index contributed by atoms with van der Waals surface area (Å²) in [4.78, 5) is 30.2. The van der Waals surface area contributed by atoms with Gasteiger partial charge in [0.1, 0.15) is 12.2 Å². The molecule has 0 atom stereocenters. The van der Waals surface area contributed by atoms with E-state index in [9.17, 15) is 14.9 Å². The average Bonchev–Trinajstić information content (AvgIpc) is 2.44. The van der Waals surface area contributed by atoms with Crippen LogP contribution in [0.15, 0.2) is 29.4 Å². The van der Waals surface area contributed by atoms with E-state index in [1.54, 1.807) is 26.0 Å². The molecule has 0 amide bonds. The SMILES string of the molecule is Cc1nc(S)nc(C)c1C(=O)OCc1ccc([N+](=O)[O-])cc1. The van der Waals surface area contributed by atoms with Crippen LogP contribution in [0.1, 0.15) is 27.3 Å². The van der Waals surface area contributed by atoms with Crippen molar-refractivity contribution in [3.63, 3.8) is 0 Å². The topological polar surface area (TPSA) is 95.2 Å². The molecule has 0 spiro atoms. The van der Waals surface area contributed by atoms with Crippen molar-refractivity contribution in [2.45, 2.75) is 25.6 Å². The van der Waals surface area contributed by atoms with Crippen LogP contribution in [0.2, 0.25) is 0 Å². The van der Waals surface area contributed by atoms with E-state index in [1.807, 2.05) is 0 Å². The summed E-state index contributed by atoms with van der Waals surface area (Å²) in [6.45, 7) is 3.37. The summed E-state index contributed by atoms with van der Waals surface area (Å²) < 4.78 is 5.20. The van der Waals surface area contributed by atoms with Crippen LogP contribution in [0, 0.1) is 24.0 Å². The molecule has 0 aliphatic heterocycles. The Morgan fingerprint density at radius 2 is 1.77 bits per heavy atom. The zero-order chi connectivity index (χ0) is 16.3. The molecule has 0 fully saturated rings. The van der Waals surface area contributed by atoms with E-state index in [0.29, 0.717) is 27.7 Å². The summed E-state index contributed by atoms with van der Waals surface area (Å²) in [6.07, 6.45) is 0. The number of aromatic nitrogens is 2. The molecule has 7 nitrogen and oxygen atoms in total. The first kappa shape index (κ1) is 15.9. The van der Waals surface area contributed by atoms with Crippen LogP contribution in [0.25, 0.3) is 0 Å². The van der Waals surface area contributed by atoms with Crippen molar-refractivity contribution in [3.05, 3.63) is 56.9 Å². The molecule has 114 valence electrons. The van der Waals surface area contributed by atoms with Crippen LogP contribution in [0.3, 0.4) is 0 Å². The smallest absolute Gasteiger partial charge is 0.342 e. The normalized spacial score (nSPS) is 10.3. The molecule has 8 heteroatoms. The molecule has 2 aromatic rings. The summed E-state index contributed by atoms with van der Waals surface area (Å²) in [5.41, 5.74) is 1.93. The largest absolute Gasteiger partial charge is 0.457 e. The van der Waals surface area contributed by atoms with E-state index < -0.39 is 10.9 Å². The Balaban J connectivity index is 2.08. The number of non-ortho nitro benzene ring substituents is 1. The third-order valence-corrected chi connectivity index (χ3v) is 3.18. The number of ether oxygens (including phenoxy) is 1. The van der Waals surface area contributed by atoms with Gasteiger partial charge in [0.05, 0.1) is 16.3 Å². The van der Waals surface area contributed by atoms with Crippen LogP contribution in [0.4, 0.5) is 5.69 Å². The van der Waals surface area contributed by atoms with Gasteiger partial charge in [-0.25, -0.2) is 14.8 Å². The number of aryl methyl sites for hydroxylation is 2. The Kier molecular flexibility index (Phi) is 4.71. The number of benzene rings is 1. The Hall–Kier alpha value is -2.48. The highest BCUT2D eigenvalue weighted by Crippen LogP contribution is 2.16. The number of nitrogens with zero attached hydrogens (tertiary/aromatic N) is 3. The monoisotopic (exact) mass is 319 g/mol. The van der Waals surface area contributed by atoms with Crippen LogP contribution < -0.4 is 0 Å². The highest BCUT2D eigenvalue weighted by molar-refractivity contribution is 7.80. The van der Waals surface area contributed by atoms with Gasteiger partial charge in [-0.15, -0.1) is 12.6 Å². The third-order valence-electron chi connectivity index (χ3n) is 2.98. The summed E-state index contributed by atoms with van der Waals surface area (Å²) in [5.74, 6) is -0.540. The number of rotatable bonds is 4. The average molecular weight is 319 g/mol. The van der Waals surface area contributed by atoms with E-state index in [4.69, 9.17) is 4.74 Å². The Labute approximate surface area is 131 Å². The van der Waals surface area contributed by atoms with Crippen LogP contribution in [-0.2, 0) is 11.3 Å². The predicted molar refractivity (Wildman–Crippen MR) is 81.0 cm³/mol. The second kappa shape index (κ2) is 6.52. The first-order valence-electron chi connectivity index (χ1n) is 6.33. The predicted octanol–water partition coefficient (Wildman–Crippen LogP) is 2.65. The maximum atomic E-state index is 12.1. The fourth-order valence-corrected chi connectivity index (χ4v) is 2.23. The first-order valence-corrected chi connectivity index (χ1v) is 6.78. The van der Waals surface area contributed by atoms with Gasteiger partial charge in [-0.2, -0.15) is 0 Å². The molecule has 0 saturated heterocycles. The van der Waals surface area contributed by atoms with E-state index in [1.165, 1.54) is 12.1 Å². The molecular weight excluding hydrogens is 306 g/mol. The highest BCUT2D eigenvalue weighted by Gasteiger charge is 2.17. The van der Waals surface area contributed by atoms with E-state index in [2.05, 4.69) is 22.6 Å². The Morgan fingerprint density at radius 3 is 2.27 bits per heavy atom. The molecule has 0 bridgehead atoms. The molecule has 0 radical (unpaired) electrons. The molecule has 1 aromatic carbocycles. The van der Waals surface area contributed by atoms with E-state index in [-0.39, 0.29) is 12.3 Å². The van der Waals surface area contributed by atoms with Gasteiger partial charge in [0.25, 0.3) is 5.69 Å². The van der Waals surface area contributed by atoms with E-state index >= 15 is 0 Å². The Morgan fingerprint density at radius 1 is 1.23 bits per heavy atom. The van der Waals surface area contributed by atoms with Gasteiger partial charge in [0.15, 0.2) is 5.16 Å². The summed E-state index contributed by atoms with van der Waals surface area (Å²) in [5, 5.41) is 10.9. The van der Waals surface area contributed by atoms with Crippen molar-refractivity contribution < 1.29 is 14.5 Å². The number of carbonyl (C=O) groups excluding carboxylic acids is 1. The summed E-state index contributed by atoms with van der Waals surface area (Å²) >= 11 is 4.05. The first-order chi connectivity index (χ1) is 10.4. The minimum absolute atomic E-state index is 0.0122. The number of hydrogen-bond acceptors (Lipinski definition) is 7. The minimum atomic E-state index is -0.540. The standard InChI is InChI=1S/C14H13N3O4S/c1-8-12(9(2)16-14(22)15-8)13(18)21-7-10-3-5-11(6-4-10)17(19)20/h3-6H,7H2,1-2H3,(H,15,16,22). The van der Waals surface area contributed by atoms with Crippen molar-refractivity contribution in [1.29, 1.82) is 0 Å². The van der Waals surface area contributed by atoms with Crippen LogP contribution in [-0.4, -0.2) is 20.9 Å². The molecule has 2 rings (SSSR count). The number of hydrogen-bond donors (Lipinski definition) is 1. The zero-order valence-electron chi connectivity index (χ0n) is 11.9. The fourth-order valence-electron chi connectivity index (χ4n) is 1.93. The summed E-state index contributed by atoms with van der Waals surface area (Å²) in [6, 6.07) is 5.80. The highest BCUT2D eigenvalue weighted by atomic mass is 32.1. The molecule has 0 saturated carbocycles. The van der Waals surface area contributed by atoms with Crippen LogP contribution >= 0.6 is 12.6 Å². The quantitative estimate of drug-likeness (QED) is 0.306. The van der Waals surface area contributed by atoms with Gasteiger partial charge in [0.2, 0.25) is 0 Å². The molecule has 0 aliphatic rings. The maximum absolute atomic E-state index is 12.1. The lowest BCUT2D eigenvalue weighted by Gasteiger charge is -2.09. The van der Waals surface area contributed by atoms with Crippen molar-refractivity contribution in [2.24, 2.45) is 0 Å². The van der Waals surface area contributed by atoms with E-state index in [0.717, 1.165) is 0 Å². The number of esters is 1. The van der Waals surface area contributed by atoms with Gasteiger partial charge in [0, 0.05) is 12.1 Å². The molecule has 0 N–H and O–H groups in total. The van der Waals surface area contributed by atoms with Crippen molar-refractivity contribution in [1.82, 2.24) is 9.97 Å². The lowest BCUT2D eigenvalue weighted by Crippen LogP contribution is -2.12. The number of nitro groups is 1. The van der Waals surface area contributed by atoms with Crippen LogP contribution in [0.5, 0.6) is 0 Å². The minimum Gasteiger partial charge on any atom is -0.457 e. The lowest BCUT2D eigenvalue weighted by molar-refractivity contribution is -0.384. The van der Waals surface area contributed by atoms with Crippen molar-refractivity contribution >= 4 is 24.3 Å². The maximum Gasteiger partial charge on any atom is 0.342 e. The zero-order valence-corrected chi connectivity index (χ0v) is 12.8. The van der Waals surface area contributed by atoms with Gasteiger partial charge < -0.3 is 4.74 Å². The molecular formula is C14H13N3O4S. The third kappa shape index (κ3) is 3.59. The Bertz CT molecular complexity index is 708. The van der Waals surface area contributed by atoms with Gasteiger partial charge in [-0.3, -0.25) is 10.1 Å². The summed E-state index contributed by atoms with van der Waals surface area (Å²) in [7, 11) is 0. The fraction of sp³-hybridized carbons (Fsp3) is 0.214. The number of carbonyl (C=O) groups is 1. The van der Waals surface area contributed by atoms with Gasteiger partial charge >= 0.3 is 5.97 Å². The van der Waals surface area contributed by atoms with Crippen molar-refractivity contribution in [2.75, 3.05) is 0 Å². The number of thiol groups is 1. The van der Waals surface area contributed by atoms with Gasteiger partial charge in [-0.1, -0.05) is 0 Å². The second-order valence-electron chi connectivity index (χ2n) is 4.57. The molecule has 22 heavy (non-hydrogen) atoms. The molecule has 0 unspecified atom stereocenters. The second-order valence-corrected chi connectivity index (χ2v) is 4.97. The number of nitro benzene ring substituents is 1. The van der Waals surface area contributed by atoms with Crippen molar-refractivity contribution in [3.8, 4) is 0 Å². The lowest BCUT2D eigenvalue weighted by atomic mass is 10.2. The molecule has 1 aromatic heterocycles. The van der Waals surface area contributed by atoms with Gasteiger partial charge in [-0.05, 0) is 31.5 Å². The molecule has 0 aliphatic carbocycles.